The fourth-order valence-electron chi connectivity index (χ4n) is 4.54. The molecule has 8 heteroatoms. The lowest BCUT2D eigenvalue weighted by atomic mass is 9.91. The molecule has 2 aromatic heterocycles. The number of carbonyl (C=O) groups excluding carboxylic acids is 1. The van der Waals surface area contributed by atoms with Crippen LogP contribution in [-0.4, -0.2) is 51.5 Å². The third-order valence-corrected chi connectivity index (χ3v) is 6.11. The van der Waals surface area contributed by atoms with E-state index in [2.05, 4.69) is 30.7 Å². The Kier molecular flexibility index (Phi) is 4.91. The number of rotatable bonds is 4. The summed E-state index contributed by atoms with van der Waals surface area (Å²) >= 11 is 0. The maximum absolute atomic E-state index is 14.2. The highest BCUT2D eigenvalue weighted by Crippen LogP contribution is 2.49. The Balaban J connectivity index is 1.52. The zero-order valence-corrected chi connectivity index (χ0v) is 18.1. The molecule has 1 aliphatic carbocycles. The average molecular weight is 413 g/mol. The molecule has 2 fully saturated rings. The molecule has 2 aromatic rings. The van der Waals surface area contributed by atoms with Crippen molar-refractivity contribution in [1.29, 1.82) is 0 Å². The fourth-order valence-corrected chi connectivity index (χ4v) is 4.54. The van der Waals surface area contributed by atoms with E-state index in [1.807, 2.05) is 16.8 Å². The van der Waals surface area contributed by atoms with Gasteiger partial charge in [-0.1, -0.05) is 20.8 Å². The maximum atomic E-state index is 14.2. The number of likely N-dealkylation sites (tertiary alicyclic amines) is 1. The van der Waals surface area contributed by atoms with Gasteiger partial charge in [0.1, 0.15) is 0 Å². The first-order valence-electron chi connectivity index (χ1n) is 10.3. The SMILES string of the molecule is CN(c1nc(-c2ccncc2F)cc(=O)n1C)[C@@H]1[C@@H]2CN(C(=O)CC(C)(C)C)C[C@@H]21. The zero-order chi connectivity index (χ0) is 21.8. The number of fused-ring (bicyclic) bond motifs is 1. The number of piperidine rings is 1. The third-order valence-electron chi connectivity index (χ3n) is 6.11. The Morgan fingerprint density at radius 1 is 1.30 bits per heavy atom. The molecule has 7 nitrogen and oxygen atoms in total. The van der Waals surface area contributed by atoms with E-state index in [4.69, 9.17) is 0 Å². The van der Waals surface area contributed by atoms with E-state index in [9.17, 15) is 14.0 Å². The monoisotopic (exact) mass is 413 g/mol. The van der Waals surface area contributed by atoms with Crippen molar-refractivity contribution in [3.63, 3.8) is 0 Å². The molecule has 3 atom stereocenters. The number of carbonyl (C=O) groups is 1. The van der Waals surface area contributed by atoms with E-state index in [1.165, 1.54) is 22.9 Å². The minimum Gasteiger partial charge on any atom is -0.342 e. The molecular weight excluding hydrogens is 385 g/mol. The van der Waals surface area contributed by atoms with Crippen LogP contribution < -0.4 is 10.5 Å². The van der Waals surface area contributed by atoms with Crippen molar-refractivity contribution in [2.24, 2.45) is 24.3 Å². The van der Waals surface area contributed by atoms with Gasteiger partial charge in [0.25, 0.3) is 5.56 Å². The number of anilines is 1. The summed E-state index contributed by atoms with van der Waals surface area (Å²) in [6.07, 6.45) is 3.14. The molecular formula is C22H28FN5O2. The summed E-state index contributed by atoms with van der Waals surface area (Å²) in [5.74, 6) is 0.940. The topological polar surface area (TPSA) is 71.3 Å². The summed E-state index contributed by atoms with van der Waals surface area (Å²) in [6.45, 7) is 7.69. The van der Waals surface area contributed by atoms with Gasteiger partial charge in [0.05, 0.1) is 11.9 Å². The number of hydrogen-bond donors (Lipinski definition) is 0. The van der Waals surface area contributed by atoms with Crippen molar-refractivity contribution >= 4 is 11.9 Å². The first-order chi connectivity index (χ1) is 14.1. The van der Waals surface area contributed by atoms with Crippen molar-refractivity contribution in [3.05, 3.63) is 40.7 Å². The molecule has 30 heavy (non-hydrogen) atoms. The van der Waals surface area contributed by atoms with Crippen LogP contribution in [0.1, 0.15) is 27.2 Å². The molecule has 0 unspecified atom stereocenters. The molecule has 1 amide bonds. The molecule has 1 saturated heterocycles. The van der Waals surface area contributed by atoms with E-state index in [0.717, 1.165) is 19.3 Å². The molecule has 160 valence electrons. The normalized spacial score (nSPS) is 22.7. The lowest BCUT2D eigenvalue weighted by molar-refractivity contribution is -0.132. The zero-order valence-electron chi connectivity index (χ0n) is 18.1. The standard InChI is InChI=1S/C22H28FN5O2/c1-22(2,3)9-19(30)28-11-14-15(12-28)20(14)27(5)21-25-17(8-18(29)26(21)4)13-6-7-24-10-16(13)23/h6-8,10,14-15,20H,9,11-12H2,1-5H3/t14-,15+,20-. The largest absolute Gasteiger partial charge is 0.342 e. The van der Waals surface area contributed by atoms with Crippen molar-refractivity contribution in [3.8, 4) is 11.3 Å². The molecule has 0 N–H and O–H groups in total. The van der Waals surface area contributed by atoms with Gasteiger partial charge in [-0.2, -0.15) is 0 Å². The van der Waals surface area contributed by atoms with Crippen LogP contribution >= 0.6 is 0 Å². The molecule has 2 aliphatic rings. The number of pyridine rings is 1. The second-order valence-electron chi connectivity index (χ2n) is 9.66. The van der Waals surface area contributed by atoms with Gasteiger partial charge in [-0.15, -0.1) is 0 Å². The molecule has 0 bridgehead atoms. The molecule has 0 spiro atoms. The number of aromatic nitrogens is 3. The first kappa shape index (κ1) is 20.5. The Morgan fingerprint density at radius 2 is 1.97 bits per heavy atom. The van der Waals surface area contributed by atoms with E-state index in [0.29, 0.717) is 29.9 Å². The van der Waals surface area contributed by atoms with Crippen molar-refractivity contribution in [2.75, 3.05) is 25.0 Å². The Bertz CT molecular complexity index is 1030. The second kappa shape index (κ2) is 7.18. The predicted molar refractivity (Wildman–Crippen MR) is 112 cm³/mol. The van der Waals surface area contributed by atoms with Crippen LogP contribution in [0.15, 0.2) is 29.3 Å². The molecule has 0 aromatic carbocycles. The Hall–Kier alpha value is -2.77. The minimum atomic E-state index is -0.511. The van der Waals surface area contributed by atoms with Gasteiger partial charge in [0.2, 0.25) is 11.9 Å². The lowest BCUT2D eigenvalue weighted by Gasteiger charge is -2.28. The highest BCUT2D eigenvalue weighted by Gasteiger charge is 2.59. The molecule has 3 heterocycles. The van der Waals surface area contributed by atoms with Crippen molar-refractivity contribution in [2.45, 2.75) is 33.2 Å². The summed E-state index contributed by atoms with van der Waals surface area (Å²) in [4.78, 5) is 37.4. The van der Waals surface area contributed by atoms with Gasteiger partial charge < -0.3 is 9.80 Å². The fraction of sp³-hybridized carbons (Fsp3) is 0.545. The number of hydrogen-bond acceptors (Lipinski definition) is 5. The third kappa shape index (κ3) is 3.70. The van der Waals surface area contributed by atoms with Crippen LogP contribution in [-0.2, 0) is 11.8 Å². The lowest BCUT2D eigenvalue weighted by Crippen LogP contribution is -2.39. The highest BCUT2D eigenvalue weighted by molar-refractivity contribution is 5.77. The highest BCUT2D eigenvalue weighted by atomic mass is 19.1. The summed E-state index contributed by atoms with van der Waals surface area (Å²) in [6, 6.07) is 3.08. The summed E-state index contributed by atoms with van der Waals surface area (Å²) in [5.41, 5.74) is 0.288. The smallest absolute Gasteiger partial charge is 0.255 e. The quantitative estimate of drug-likeness (QED) is 0.769. The Morgan fingerprint density at radius 3 is 2.57 bits per heavy atom. The van der Waals surface area contributed by atoms with Crippen LogP contribution in [0.25, 0.3) is 11.3 Å². The van der Waals surface area contributed by atoms with Crippen molar-refractivity contribution < 1.29 is 9.18 Å². The predicted octanol–water partition coefficient (Wildman–Crippen LogP) is 2.31. The first-order valence-corrected chi connectivity index (χ1v) is 10.3. The van der Waals surface area contributed by atoms with Crippen LogP contribution in [0.4, 0.5) is 10.3 Å². The number of nitrogens with zero attached hydrogens (tertiary/aromatic N) is 5. The minimum absolute atomic E-state index is 0.0229. The maximum Gasteiger partial charge on any atom is 0.255 e. The second-order valence-corrected chi connectivity index (χ2v) is 9.66. The number of amides is 1. The van der Waals surface area contributed by atoms with Crippen molar-refractivity contribution in [1.82, 2.24) is 19.4 Å². The van der Waals surface area contributed by atoms with Gasteiger partial charge in [-0.25, -0.2) is 9.37 Å². The van der Waals surface area contributed by atoms with E-state index >= 15 is 0 Å². The van der Waals surface area contributed by atoms with E-state index < -0.39 is 5.82 Å². The molecule has 4 rings (SSSR count). The number of halogens is 1. The summed E-state index contributed by atoms with van der Waals surface area (Å²) < 4.78 is 15.7. The molecule has 1 saturated carbocycles. The van der Waals surface area contributed by atoms with Crippen LogP contribution in [0, 0.1) is 23.1 Å². The molecule has 1 aliphatic heterocycles. The van der Waals surface area contributed by atoms with Gasteiger partial charge in [0, 0.05) is 69.3 Å². The van der Waals surface area contributed by atoms with E-state index in [1.54, 1.807) is 7.05 Å². The van der Waals surface area contributed by atoms with Gasteiger partial charge in [0.15, 0.2) is 5.82 Å². The van der Waals surface area contributed by atoms with Gasteiger partial charge in [-0.05, 0) is 11.5 Å². The summed E-state index contributed by atoms with van der Waals surface area (Å²) in [7, 11) is 3.59. The van der Waals surface area contributed by atoms with Gasteiger partial charge in [-0.3, -0.25) is 19.1 Å². The Labute approximate surface area is 175 Å². The van der Waals surface area contributed by atoms with Crippen LogP contribution in [0.2, 0.25) is 0 Å². The van der Waals surface area contributed by atoms with Gasteiger partial charge >= 0.3 is 0 Å². The van der Waals surface area contributed by atoms with Crippen LogP contribution in [0.5, 0.6) is 0 Å². The summed E-state index contributed by atoms with van der Waals surface area (Å²) in [5, 5.41) is 0. The average Bonchev–Trinajstić information content (AvgIpc) is 3.15. The van der Waals surface area contributed by atoms with E-state index in [-0.39, 0.29) is 28.5 Å². The molecule has 0 radical (unpaired) electrons. The van der Waals surface area contributed by atoms with Crippen LogP contribution in [0.3, 0.4) is 0 Å².